The van der Waals surface area contributed by atoms with E-state index in [0.717, 1.165) is 17.8 Å². The lowest BCUT2D eigenvalue weighted by Gasteiger charge is -2.17. The molecule has 0 radical (unpaired) electrons. The first kappa shape index (κ1) is 13.6. The molecule has 0 amide bonds. The van der Waals surface area contributed by atoms with Crippen LogP contribution in [0.1, 0.15) is 22.9 Å². The van der Waals surface area contributed by atoms with Gasteiger partial charge in [-0.2, -0.15) is 13.2 Å². The molecular weight excluding hydrogens is 257 g/mol. The van der Waals surface area contributed by atoms with Crippen molar-refractivity contribution in [3.8, 4) is 0 Å². The third-order valence-electron chi connectivity index (χ3n) is 2.89. The molecule has 0 bridgehead atoms. The number of alkyl halides is 3. The molecule has 0 spiro atoms. The monoisotopic (exact) mass is 270 g/mol. The number of nitrogens with two attached hydrogens (primary N) is 1. The van der Waals surface area contributed by atoms with Crippen molar-refractivity contribution in [2.75, 3.05) is 0 Å². The fraction of sp³-hybridized carbons (Fsp3) is 0.250. The van der Waals surface area contributed by atoms with Crippen LogP contribution in [0.3, 0.4) is 0 Å². The minimum absolute atomic E-state index is 0.408. The van der Waals surface area contributed by atoms with Gasteiger partial charge in [0.2, 0.25) is 0 Å². The van der Waals surface area contributed by atoms with E-state index < -0.39 is 17.8 Å². The molecule has 2 rings (SSSR count). The van der Waals surface area contributed by atoms with Crippen LogP contribution in [-0.2, 0) is 13.2 Å². The van der Waals surface area contributed by atoms with E-state index in [9.17, 15) is 13.2 Å². The molecule has 102 valence electrons. The number of nitrogens with zero attached hydrogens (tertiary/aromatic N) is 2. The Morgan fingerprint density at radius 1 is 1.26 bits per heavy atom. The number of aromatic nitrogens is 2. The smallest absolute Gasteiger partial charge is 0.336 e. The van der Waals surface area contributed by atoms with Crippen molar-refractivity contribution in [1.82, 2.24) is 15.0 Å². The van der Waals surface area contributed by atoms with E-state index in [2.05, 4.69) is 10.4 Å². The molecule has 1 aromatic heterocycles. The normalized spacial score (nSPS) is 13.5. The SMILES string of the molecule is Cn1cncc1C(NN)c1ccc(C(F)(F)F)cc1. The highest BCUT2D eigenvalue weighted by Crippen LogP contribution is 2.30. The summed E-state index contributed by atoms with van der Waals surface area (Å²) in [6.45, 7) is 0. The largest absolute Gasteiger partial charge is 0.416 e. The van der Waals surface area contributed by atoms with Crippen molar-refractivity contribution in [3.63, 3.8) is 0 Å². The zero-order chi connectivity index (χ0) is 14.0. The topological polar surface area (TPSA) is 55.9 Å². The van der Waals surface area contributed by atoms with Gasteiger partial charge in [0, 0.05) is 7.05 Å². The number of halogens is 3. The third kappa shape index (κ3) is 2.77. The maximum Gasteiger partial charge on any atom is 0.416 e. The zero-order valence-electron chi connectivity index (χ0n) is 10.1. The molecule has 0 saturated carbocycles. The van der Waals surface area contributed by atoms with Gasteiger partial charge in [-0.1, -0.05) is 12.1 Å². The van der Waals surface area contributed by atoms with E-state index in [-0.39, 0.29) is 0 Å². The van der Waals surface area contributed by atoms with Crippen LogP contribution in [0.5, 0.6) is 0 Å². The van der Waals surface area contributed by atoms with Crippen LogP contribution in [-0.4, -0.2) is 9.55 Å². The Bertz CT molecular complexity index is 545. The highest BCUT2D eigenvalue weighted by atomic mass is 19.4. The van der Waals surface area contributed by atoms with Gasteiger partial charge in [0.1, 0.15) is 0 Å². The Morgan fingerprint density at radius 3 is 2.32 bits per heavy atom. The molecule has 19 heavy (non-hydrogen) atoms. The summed E-state index contributed by atoms with van der Waals surface area (Å²) in [5.41, 5.74) is 3.30. The summed E-state index contributed by atoms with van der Waals surface area (Å²) in [6.07, 6.45) is -1.12. The second-order valence-corrected chi connectivity index (χ2v) is 4.15. The van der Waals surface area contributed by atoms with Crippen LogP contribution in [0.25, 0.3) is 0 Å². The average molecular weight is 270 g/mol. The Kier molecular flexibility index (Phi) is 3.59. The van der Waals surface area contributed by atoms with Gasteiger partial charge < -0.3 is 4.57 Å². The summed E-state index contributed by atoms with van der Waals surface area (Å²) in [4.78, 5) is 3.96. The lowest BCUT2D eigenvalue weighted by molar-refractivity contribution is -0.137. The summed E-state index contributed by atoms with van der Waals surface area (Å²) in [6, 6.07) is 4.47. The molecule has 1 heterocycles. The van der Waals surface area contributed by atoms with E-state index in [1.54, 1.807) is 24.1 Å². The highest BCUT2D eigenvalue weighted by molar-refractivity contribution is 5.31. The molecule has 1 unspecified atom stereocenters. The van der Waals surface area contributed by atoms with Gasteiger partial charge in [0.25, 0.3) is 0 Å². The first-order valence-electron chi connectivity index (χ1n) is 5.53. The van der Waals surface area contributed by atoms with E-state index in [0.29, 0.717) is 5.56 Å². The Labute approximate surface area is 108 Å². The number of benzene rings is 1. The lowest BCUT2D eigenvalue weighted by atomic mass is 10.0. The lowest BCUT2D eigenvalue weighted by Crippen LogP contribution is -2.30. The third-order valence-corrected chi connectivity index (χ3v) is 2.89. The molecule has 0 aliphatic carbocycles. The number of hydrazine groups is 1. The Balaban J connectivity index is 2.33. The summed E-state index contributed by atoms with van der Waals surface area (Å²) in [5, 5.41) is 0. The van der Waals surface area contributed by atoms with Crippen LogP contribution in [0.2, 0.25) is 0 Å². The number of imidazole rings is 1. The molecule has 7 heteroatoms. The van der Waals surface area contributed by atoms with Crippen molar-refractivity contribution in [3.05, 3.63) is 53.6 Å². The number of rotatable bonds is 3. The van der Waals surface area contributed by atoms with Crippen molar-refractivity contribution in [2.45, 2.75) is 12.2 Å². The zero-order valence-corrected chi connectivity index (χ0v) is 10.1. The molecule has 1 atom stereocenters. The van der Waals surface area contributed by atoms with E-state index in [1.807, 2.05) is 0 Å². The van der Waals surface area contributed by atoms with Crippen molar-refractivity contribution in [2.24, 2.45) is 12.9 Å². The van der Waals surface area contributed by atoms with Crippen molar-refractivity contribution >= 4 is 0 Å². The predicted molar refractivity (Wildman–Crippen MR) is 63.8 cm³/mol. The molecule has 0 aliphatic heterocycles. The van der Waals surface area contributed by atoms with Crippen LogP contribution in [0.15, 0.2) is 36.8 Å². The van der Waals surface area contributed by atoms with Gasteiger partial charge in [-0.05, 0) is 17.7 Å². The van der Waals surface area contributed by atoms with E-state index in [1.165, 1.54) is 12.1 Å². The Hall–Kier alpha value is -1.86. The van der Waals surface area contributed by atoms with Crippen molar-refractivity contribution < 1.29 is 13.2 Å². The van der Waals surface area contributed by atoms with Crippen LogP contribution >= 0.6 is 0 Å². The molecule has 0 fully saturated rings. The summed E-state index contributed by atoms with van der Waals surface area (Å²) in [7, 11) is 1.79. The second kappa shape index (κ2) is 5.02. The molecule has 0 aliphatic rings. The molecule has 1 aromatic carbocycles. The standard InChI is InChI=1S/C12H13F3N4/c1-19-7-17-6-10(19)11(18-16)8-2-4-9(5-3-8)12(13,14)15/h2-7,11,18H,16H2,1H3. The van der Waals surface area contributed by atoms with Gasteiger partial charge in [0.15, 0.2) is 0 Å². The molecule has 4 nitrogen and oxygen atoms in total. The summed E-state index contributed by atoms with van der Waals surface area (Å²) in [5.74, 6) is 5.48. The average Bonchev–Trinajstić information content (AvgIpc) is 2.76. The number of aryl methyl sites for hydroxylation is 1. The molecule has 2 aromatic rings. The minimum atomic E-state index is -4.34. The van der Waals surface area contributed by atoms with E-state index >= 15 is 0 Å². The predicted octanol–water partition coefficient (Wildman–Crippen LogP) is 1.99. The van der Waals surface area contributed by atoms with E-state index in [4.69, 9.17) is 5.84 Å². The van der Waals surface area contributed by atoms with Gasteiger partial charge in [-0.15, -0.1) is 0 Å². The number of hydrogen-bond donors (Lipinski definition) is 2. The van der Waals surface area contributed by atoms with Gasteiger partial charge in [-0.25, -0.2) is 10.4 Å². The second-order valence-electron chi connectivity index (χ2n) is 4.15. The van der Waals surface area contributed by atoms with Crippen LogP contribution < -0.4 is 11.3 Å². The highest BCUT2D eigenvalue weighted by Gasteiger charge is 2.30. The first-order valence-corrected chi connectivity index (χ1v) is 5.53. The van der Waals surface area contributed by atoms with Crippen LogP contribution in [0.4, 0.5) is 13.2 Å². The maximum absolute atomic E-state index is 12.5. The quantitative estimate of drug-likeness (QED) is 0.662. The maximum atomic E-state index is 12.5. The molecule has 3 N–H and O–H groups in total. The summed E-state index contributed by atoms with van der Waals surface area (Å²) >= 11 is 0. The van der Waals surface area contributed by atoms with Crippen LogP contribution in [0, 0.1) is 0 Å². The number of hydrogen-bond acceptors (Lipinski definition) is 3. The Morgan fingerprint density at radius 2 is 1.89 bits per heavy atom. The van der Waals surface area contributed by atoms with Gasteiger partial charge >= 0.3 is 6.18 Å². The first-order chi connectivity index (χ1) is 8.93. The minimum Gasteiger partial charge on any atom is -0.336 e. The molecular formula is C12H13F3N4. The van der Waals surface area contributed by atoms with Gasteiger partial charge in [-0.3, -0.25) is 5.84 Å². The molecule has 0 saturated heterocycles. The van der Waals surface area contributed by atoms with Crippen molar-refractivity contribution in [1.29, 1.82) is 0 Å². The summed E-state index contributed by atoms with van der Waals surface area (Å²) < 4.78 is 39.2. The number of nitrogens with one attached hydrogen (secondary N) is 1. The van der Waals surface area contributed by atoms with Gasteiger partial charge in [0.05, 0.1) is 29.8 Å². The fourth-order valence-electron chi connectivity index (χ4n) is 1.86. The fourth-order valence-corrected chi connectivity index (χ4v) is 1.86.